The molecular weight excluding hydrogens is 404 g/mol. The largest absolute Gasteiger partial charge is 0.369 e. The van der Waals surface area contributed by atoms with Gasteiger partial charge in [0, 0.05) is 24.2 Å². The summed E-state index contributed by atoms with van der Waals surface area (Å²) in [6.45, 7) is 9.10. The Labute approximate surface area is 189 Å². The number of nitrogens with zero attached hydrogens (tertiary/aromatic N) is 4. The van der Waals surface area contributed by atoms with Crippen LogP contribution in [0, 0.1) is 13.8 Å². The van der Waals surface area contributed by atoms with Crippen LogP contribution in [-0.4, -0.2) is 45.9 Å². The van der Waals surface area contributed by atoms with Crippen LogP contribution in [0.4, 0.5) is 5.82 Å². The van der Waals surface area contributed by atoms with E-state index < -0.39 is 0 Å². The standard InChI is InChI=1S/C25H32N4O3/c1-16(2)32-15-23(31)28-13-5-6-21(28)24-26-18(4)20-11-12-22(30)29(25(20)27-24)14-19-9-7-17(3)8-10-19/h7-10,16,21H,5-6,11-15H2,1-4H3/t21-/m0/s1. The molecule has 7 heteroatoms. The molecule has 4 rings (SSSR count). The van der Waals surface area contributed by atoms with E-state index in [1.165, 1.54) is 5.56 Å². The minimum Gasteiger partial charge on any atom is -0.369 e. The lowest BCUT2D eigenvalue weighted by Gasteiger charge is -2.31. The molecule has 1 saturated heterocycles. The van der Waals surface area contributed by atoms with Crippen LogP contribution in [0.2, 0.25) is 0 Å². The Morgan fingerprint density at radius 3 is 2.62 bits per heavy atom. The van der Waals surface area contributed by atoms with Crippen molar-refractivity contribution < 1.29 is 14.3 Å². The maximum absolute atomic E-state index is 12.9. The van der Waals surface area contributed by atoms with Crippen molar-refractivity contribution in [2.24, 2.45) is 0 Å². The molecule has 0 saturated carbocycles. The van der Waals surface area contributed by atoms with E-state index in [4.69, 9.17) is 14.7 Å². The number of benzene rings is 1. The third kappa shape index (κ3) is 4.67. The summed E-state index contributed by atoms with van der Waals surface area (Å²) >= 11 is 0. The van der Waals surface area contributed by atoms with Gasteiger partial charge in [0.15, 0.2) is 5.82 Å². The molecule has 2 aromatic rings. The fourth-order valence-corrected chi connectivity index (χ4v) is 4.45. The molecular formula is C25H32N4O3. The summed E-state index contributed by atoms with van der Waals surface area (Å²) in [6.07, 6.45) is 2.84. The fraction of sp³-hybridized carbons (Fsp3) is 0.520. The third-order valence-corrected chi connectivity index (χ3v) is 6.23. The van der Waals surface area contributed by atoms with Crippen LogP contribution in [0.15, 0.2) is 24.3 Å². The highest BCUT2D eigenvalue weighted by Gasteiger charge is 2.35. The molecule has 0 bridgehead atoms. The van der Waals surface area contributed by atoms with E-state index in [9.17, 15) is 9.59 Å². The van der Waals surface area contributed by atoms with Gasteiger partial charge in [-0.2, -0.15) is 0 Å². The lowest BCUT2D eigenvalue weighted by molar-refractivity contribution is -0.138. The Bertz CT molecular complexity index is 1000. The van der Waals surface area contributed by atoms with E-state index in [1.54, 1.807) is 4.90 Å². The van der Waals surface area contributed by atoms with E-state index in [0.717, 1.165) is 29.7 Å². The summed E-state index contributed by atoms with van der Waals surface area (Å²) in [7, 11) is 0. The summed E-state index contributed by atoms with van der Waals surface area (Å²) in [5, 5.41) is 0. The smallest absolute Gasteiger partial charge is 0.249 e. The average Bonchev–Trinajstić information content (AvgIpc) is 3.25. The molecule has 0 N–H and O–H groups in total. The topological polar surface area (TPSA) is 75.6 Å². The van der Waals surface area contributed by atoms with Crippen LogP contribution in [0.5, 0.6) is 0 Å². The predicted molar refractivity (Wildman–Crippen MR) is 122 cm³/mol. The maximum atomic E-state index is 12.9. The zero-order valence-corrected chi connectivity index (χ0v) is 19.4. The molecule has 1 aromatic heterocycles. The Kier molecular flexibility index (Phi) is 6.55. The number of aromatic nitrogens is 2. The maximum Gasteiger partial charge on any atom is 0.249 e. The van der Waals surface area contributed by atoms with Gasteiger partial charge in [-0.15, -0.1) is 0 Å². The van der Waals surface area contributed by atoms with E-state index in [2.05, 4.69) is 31.2 Å². The highest BCUT2D eigenvalue weighted by molar-refractivity contribution is 5.95. The molecule has 2 amide bonds. The van der Waals surface area contributed by atoms with Crippen molar-refractivity contribution in [2.45, 2.75) is 72.1 Å². The second-order valence-corrected chi connectivity index (χ2v) is 9.04. The van der Waals surface area contributed by atoms with Crippen molar-refractivity contribution >= 4 is 17.6 Å². The number of aryl methyl sites for hydroxylation is 2. The zero-order valence-electron chi connectivity index (χ0n) is 19.4. The predicted octanol–water partition coefficient (Wildman–Crippen LogP) is 3.66. The Morgan fingerprint density at radius 2 is 1.91 bits per heavy atom. The van der Waals surface area contributed by atoms with E-state index in [-0.39, 0.29) is 30.6 Å². The number of amides is 2. The van der Waals surface area contributed by atoms with Gasteiger partial charge in [-0.3, -0.25) is 14.5 Å². The monoisotopic (exact) mass is 436 g/mol. The van der Waals surface area contributed by atoms with Crippen LogP contribution < -0.4 is 4.90 Å². The van der Waals surface area contributed by atoms with Gasteiger partial charge >= 0.3 is 0 Å². The molecule has 32 heavy (non-hydrogen) atoms. The molecule has 7 nitrogen and oxygen atoms in total. The number of hydrogen-bond donors (Lipinski definition) is 0. The fourth-order valence-electron chi connectivity index (χ4n) is 4.45. The van der Waals surface area contributed by atoms with Crippen LogP contribution in [-0.2, 0) is 27.3 Å². The van der Waals surface area contributed by atoms with Crippen molar-refractivity contribution in [3.8, 4) is 0 Å². The average molecular weight is 437 g/mol. The number of carbonyl (C=O) groups is 2. The summed E-state index contributed by atoms with van der Waals surface area (Å²) < 4.78 is 5.54. The lowest BCUT2D eigenvalue weighted by atomic mass is 10.0. The first-order chi connectivity index (χ1) is 15.3. The van der Waals surface area contributed by atoms with Gasteiger partial charge in [0.25, 0.3) is 0 Å². The van der Waals surface area contributed by atoms with Gasteiger partial charge in [0.2, 0.25) is 11.8 Å². The minimum absolute atomic E-state index is 0.00332. The Balaban J connectivity index is 1.64. The first-order valence-corrected chi connectivity index (χ1v) is 11.5. The quantitative estimate of drug-likeness (QED) is 0.691. The third-order valence-electron chi connectivity index (χ3n) is 6.23. The number of anilines is 1. The second-order valence-electron chi connectivity index (χ2n) is 9.04. The molecule has 0 radical (unpaired) electrons. The highest BCUT2D eigenvalue weighted by atomic mass is 16.5. The van der Waals surface area contributed by atoms with Crippen molar-refractivity contribution in [3.05, 3.63) is 52.5 Å². The van der Waals surface area contributed by atoms with Gasteiger partial charge in [-0.1, -0.05) is 29.8 Å². The molecule has 3 heterocycles. The van der Waals surface area contributed by atoms with Crippen LogP contribution in [0.1, 0.15) is 67.4 Å². The number of fused-ring (bicyclic) bond motifs is 1. The highest BCUT2D eigenvalue weighted by Crippen LogP contribution is 2.35. The molecule has 1 atom stereocenters. The van der Waals surface area contributed by atoms with Crippen molar-refractivity contribution in [1.82, 2.24) is 14.9 Å². The molecule has 170 valence electrons. The summed E-state index contributed by atoms with van der Waals surface area (Å²) in [5.41, 5.74) is 4.17. The number of rotatable bonds is 6. The lowest BCUT2D eigenvalue weighted by Crippen LogP contribution is -2.38. The summed E-state index contributed by atoms with van der Waals surface area (Å²) in [4.78, 5) is 38.9. The molecule has 1 fully saturated rings. The van der Waals surface area contributed by atoms with Gasteiger partial charge in [-0.25, -0.2) is 9.97 Å². The van der Waals surface area contributed by atoms with Crippen molar-refractivity contribution in [1.29, 1.82) is 0 Å². The second kappa shape index (κ2) is 9.36. The Morgan fingerprint density at radius 1 is 1.16 bits per heavy atom. The number of carbonyl (C=O) groups excluding carboxylic acids is 2. The molecule has 0 aliphatic carbocycles. The molecule has 0 unspecified atom stereocenters. The molecule has 0 spiro atoms. The number of ether oxygens (including phenoxy) is 1. The molecule has 1 aromatic carbocycles. The zero-order chi connectivity index (χ0) is 22.8. The molecule has 2 aliphatic heterocycles. The minimum atomic E-state index is -0.180. The summed E-state index contributed by atoms with van der Waals surface area (Å²) in [5.74, 6) is 1.36. The van der Waals surface area contributed by atoms with Crippen molar-refractivity contribution in [3.63, 3.8) is 0 Å². The van der Waals surface area contributed by atoms with E-state index >= 15 is 0 Å². The van der Waals surface area contributed by atoms with Gasteiger partial charge in [0.1, 0.15) is 12.4 Å². The van der Waals surface area contributed by atoms with Crippen LogP contribution in [0.3, 0.4) is 0 Å². The number of likely N-dealkylation sites (tertiary alicyclic amines) is 1. The SMILES string of the molecule is Cc1ccc(CN2C(=O)CCc3c(C)nc([C@@H]4CCCN4C(=O)COC(C)C)nc32)cc1. The van der Waals surface area contributed by atoms with E-state index in [0.29, 0.717) is 37.6 Å². The summed E-state index contributed by atoms with van der Waals surface area (Å²) in [6, 6.07) is 8.04. The van der Waals surface area contributed by atoms with Crippen LogP contribution >= 0.6 is 0 Å². The molecule has 2 aliphatic rings. The van der Waals surface area contributed by atoms with Crippen molar-refractivity contribution in [2.75, 3.05) is 18.1 Å². The first kappa shape index (κ1) is 22.4. The van der Waals surface area contributed by atoms with E-state index in [1.807, 2.05) is 25.7 Å². The Hall–Kier alpha value is -2.80. The number of hydrogen-bond acceptors (Lipinski definition) is 5. The normalized spacial score (nSPS) is 18.4. The van der Waals surface area contributed by atoms with Crippen LogP contribution in [0.25, 0.3) is 0 Å². The first-order valence-electron chi connectivity index (χ1n) is 11.5. The van der Waals surface area contributed by atoms with Gasteiger partial charge in [0.05, 0.1) is 18.7 Å². The van der Waals surface area contributed by atoms with Gasteiger partial charge < -0.3 is 9.64 Å². The van der Waals surface area contributed by atoms with Gasteiger partial charge in [-0.05, 0) is 52.5 Å².